The Balaban J connectivity index is 0.639. The SMILES string of the molecule is Nc1ccn([C@H]2C[C@H](OP(=O)(O)OC[C@H]3O[C@@H](n4cnc5c(=O)[nH]c(N)nc54)C[C@@H]3OP(=O)(O)OC[C@H]3O[C@@H](n4ccc(N)nc4=O)C[C@@H]3OP(=O)([Se])OC[C@H]3O[C@@H](n4cnc5c(=O)[nH]c(N)nc54)C[C@@H]3OP(=O)(O)OC[C@H]3O[C@@H](n4ccc(N)nc4=O)C[C@@H]3OP(=O)(O)OC[C@H]3O[C@@H](n4cnc5c(=O)[nH]c(N)nc54)C[C@@H]3OP(=O)(O)O)[C@@H](COP(=O)(O)O)O2)c(=O)n1. The summed E-state index contributed by atoms with van der Waals surface area (Å²) in [5.74, 6) is -1.83. The van der Waals surface area contributed by atoms with Crippen molar-refractivity contribution >= 4 is 138 Å². The number of phosphoric acid groups is 6. The third kappa shape index (κ3) is 22.3. The average molecular weight is 2020 g/mol. The number of nitrogens with two attached hydrogens (primary N) is 6. The van der Waals surface area contributed by atoms with Gasteiger partial charge in [-0.3, -0.25) is 51.4 Å². The van der Waals surface area contributed by atoms with Crippen molar-refractivity contribution in [3.8, 4) is 0 Å². The van der Waals surface area contributed by atoms with Crippen molar-refractivity contribution in [3.63, 3.8) is 0 Å². The molecule has 6 aliphatic heterocycles. The minimum atomic E-state index is -5.63. The number of nitrogens with zero attached hydrogens (tertiary/aromatic N) is 15. The van der Waals surface area contributed by atoms with Gasteiger partial charge in [0.2, 0.25) is 11.9 Å². The summed E-state index contributed by atoms with van der Waals surface area (Å²) in [6, 6.07) is 3.57. The molecule has 15 heterocycles. The Kier molecular flexibility index (Phi) is 27.2. The Hall–Kier alpha value is -8.42. The van der Waals surface area contributed by atoms with Gasteiger partial charge in [-0.2, -0.15) is 19.9 Å². The van der Waals surface area contributed by atoms with E-state index in [-0.39, 0.29) is 56.9 Å². The second-order valence-corrected chi connectivity index (χ2v) is 40.8. The number of rotatable bonds is 36. The first-order valence-electron chi connectivity index (χ1n) is 37.0. The molecule has 63 nitrogen and oxygen atoms in total. The number of phosphoric ester groups is 6. The zero-order valence-corrected chi connectivity index (χ0v) is 72.5. The van der Waals surface area contributed by atoms with Crippen LogP contribution in [0.5, 0.6) is 0 Å². The molecule has 0 aliphatic carbocycles. The molecule has 697 valence electrons. The molecule has 9 aromatic rings. The summed E-state index contributed by atoms with van der Waals surface area (Å²) < 4.78 is 203. The number of fused-ring (bicyclic) bond motifs is 3. The molecule has 0 amide bonds. The van der Waals surface area contributed by atoms with E-state index in [0.717, 1.165) is 60.4 Å². The number of aromatic amines is 3. The summed E-state index contributed by atoms with van der Waals surface area (Å²) >= 11 is 2.26. The molecule has 6 aliphatic rings. The topological polar surface area (TPSA) is 899 Å². The number of ether oxygens (including phenoxy) is 6. The van der Waals surface area contributed by atoms with Crippen molar-refractivity contribution in [3.05, 3.63) is 118 Å². The van der Waals surface area contributed by atoms with Gasteiger partial charge in [-0.25, -0.2) is 37.8 Å². The predicted octanol–water partition coefficient (Wildman–Crippen LogP) is -3.35. The Morgan fingerprint density at radius 3 is 0.844 bits per heavy atom. The van der Waals surface area contributed by atoms with Crippen molar-refractivity contribution in [2.75, 3.05) is 74.0 Å². The number of nitrogens with one attached hydrogen (secondary N) is 3. The smallest absolute Gasteiger partial charge is 0.369 e. The number of hydrogen-bond donors (Lipinski definition) is 17. The number of imidazole rings is 3. The van der Waals surface area contributed by atoms with Gasteiger partial charge >= 0.3 is 392 Å². The standard InChI is InChI=1S/C57H74N24O39P7Se/c58-34-1-4-76(55(85)67-34)37-8-23(28(109-37)13-103-121(88,89)90)116-124(96,97)106-16-31-25(10-41(113-31)80-20-65-44-47(80)71-53(62)74-50(44)83)118-126(100,101)107-17-32-27(12-39(111-32)78-6-3-36(60)69-57(78)87)120-127(102,128)108-18-33-26(11-42(114-33)81-21-66-45-48(81)72-54(63)75-51(45)84)119-125(98,99)105-15-30-24(9-38(110-30)77-5-2-35(59)68-56(77)86)117-123(94,95)104-14-29-22(115-122(91,92)93)7-40(112-29)79-19-64-43-46(79)70-52(61)73-49(43)82/h1-6,19-33,37-42H,7-18H2,(H,94,95)(H,96,97)(H,98,99)(H,100,101)(H2,58,67,85)(H2,59,68,86)(H2,60,69,87)(H2,88,89,90)(H2,91,92,93)(H3,61,70,73,82)(H3,62,71,74,83)(H3,63,72,75,84)/t22-,23-,24-,25-,26-,27-,28+,29+,30+,31+,32+,33+,37+,38+,39+,40+,41+,42+,127?/m0/s1. The van der Waals surface area contributed by atoms with Crippen LogP contribution in [0.4, 0.5) is 35.3 Å². The van der Waals surface area contributed by atoms with E-state index in [1.807, 2.05) is 0 Å². The van der Waals surface area contributed by atoms with Crippen LogP contribution in [0.1, 0.15) is 75.9 Å². The molecule has 128 heavy (non-hydrogen) atoms. The third-order valence-electron chi connectivity index (χ3n) is 19.9. The van der Waals surface area contributed by atoms with Crippen LogP contribution in [0, 0.1) is 0 Å². The van der Waals surface area contributed by atoms with Crippen LogP contribution in [0.2, 0.25) is 0 Å². The van der Waals surface area contributed by atoms with Gasteiger partial charge in [0.15, 0.2) is 22.3 Å². The van der Waals surface area contributed by atoms with Crippen LogP contribution in [0.3, 0.4) is 0 Å². The molecule has 23 N–H and O–H groups in total. The van der Waals surface area contributed by atoms with Gasteiger partial charge in [0, 0.05) is 25.2 Å². The molecule has 15 rings (SSSR count). The number of anilines is 6. The van der Waals surface area contributed by atoms with Crippen molar-refractivity contribution < 1.29 is 154 Å². The maximum atomic E-state index is 14.9. The van der Waals surface area contributed by atoms with Crippen LogP contribution in [0.25, 0.3) is 33.5 Å². The normalized spacial score (nSPS) is 28.8. The number of aromatic nitrogens is 18. The fourth-order valence-electron chi connectivity index (χ4n) is 14.4. The number of nitrogen functional groups attached to an aromatic ring is 6. The van der Waals surface area contributed by atoms with E-state index < -0.39 is 288 Å². The first-order chi connectivity index (χ1) is 60.1. The van der Waals surface area contributed by atoms with Gasteiger partial charge in [-0.15, -0.1) is 0 Å². The quantitative estimate of drug-likeness (QED) is 0.0135. The first kappa shape index (κ1) is 94.2. The Morgan fingerprint density at radius 1 is 0.344 bits per heavy atom. The molecule has 0 aromatic carbocycles. The van der Waals surface area contributed by atoms with Gasteiger partial charge in [0.25, 0.3) is 11.1 Å². The van der Waals surface area contributed by atoms with Gasteiger partial charge < -0.3 is 61.8 Å². The number of H-pyrrole nitrogens is 3. The Bertz CT molecular complexity index is 6450. The molecule has 0 saturated carbocycles. The zero-order chi connectivity index (χ0) is 91.8. The fourth-order valence-corrected chi connectivity index (χ4v) is 21.2. The first-order valence-corrected chi connectivity index (χ1v) is 49.8. The fraction of sp³-hybridized carbons (Fsp3) is 0.526. The molecule has 71 heteroatoms. The summed E-state index contributed by atoms with van der Waals surface area (Å²) in [7, 11) is -32.9. The molecule has 6 fully saturated rings. The van der Waals surface area contributed by atoms with Crippen LogP contribution in [-0.2, 0) is 115 Å². The molecule has 6 saturated heterocycles. The van der Waals surface area contributed by atoms with E-state index >= 15 is 0 Å². The van der Waals surface area contributed by atoms with Crippen molar-refractivity contribution in [1.29, 1.82) is 0 Å². The van der Waals surface area contributed by atoms with E-state index in [1.165, 1.54) is 22.8 Å². The van der Waals surface area contributed by atoms with Crippen molar-refractivity contribution in [2.45, 2.75) is 149 Å². The summed E-state index contributed by atoms with van der Waals surface area (Å²) in [4.78, 5) is 205. The monoisotopic (exact) mass is 2020 g/mol. The molecule has 1 radical (unpaired) electrons. The Morgan fingerprint density at radius 2 is 0.586 bits per heavy atom. The van der Waals surface area contributed by atoms with Crippen molar-refractivity contribution in [2.24, 2.45) is 0 Å². The molecule has 23 atom stereocenters. The zero-order valence-electron chi connectivity index (χ0n) is 64.5. The molecule has 0 spiro atoms. The molecule has 5 unspecified atom stereocenters. The predicted molar refractivity (Wildman–Crippen MR) is 419 cm³/mol. The summed E-state index contributed by atoms with van der Waals surface area (Å²) in [6.45, 7) is -6.32. The number of hydrogen-bond acceptors (Lipinski definition) is 46. The van der Waals surface area contributed by atoms with Crippen LogP contribution >= 0.6 is 53.2 Å². The summed E-state index contributed by atoms with van der Waals surface area (Å²) in [6.07, 6.45) is -30.1. The summed E-state index contributed by atoms with van der Waals surface area (Å²) in [5.41, 5.74) is 27.9. The van der Waals surface area contributed by atoms with Crippen LogP contribution in [-0.4, -0.2) is 255 Å². The second kappa shape index (κ2) is 37.0. The van der Waals surface area contributed by atoms with E-state index in [4.69, 9.17) is 113 Å². The average Bonchev–Trinajstić information content (AvgIpc) is 1.39. The molecule has 0 bridgehead atoms. The Labute approximate surface area is 717 Å². The maximum absolute atomic E-state index is 14.9. The van der Waals surface area contributed by atoms with Gasteiger partial charge in [-0.05, 0) is 12.1 Å². The summed E-state index contributed by atoms with van der Waals surface area (Å²) in [5, 5.41) is 0. The van der Waals surface area contributed by atoms with Gasteiger partial charge in [0.1, 0.15) is 48.5 Å². The van der Waals surface area contributed by atoms with E-state index in [9.17, 15) is 99.9 Å². The third-order valence-corrected chi connectivity index (χ3v) is 27.2. The van der Waals surface area contributed by atoms with Crippen LogP contribution < -0.4 is 68.1 Å². The molecular weight excluding hydrogens is 1940 g/mol. The van der Waals surface area contributed by atoms with Crippen LogP contribution in [0.15, 0.2) is 84.5 Å². The minimum absolute atomic E-state index is 0.139. The van der Waals surface area contributed by atoms with Gasteiger partial charge in [0.05, 0.1) is 25.9 Å². The van der Waals surface area contributed by atoms with E-state index in [2.05, 4.69) is 79.9 Å². The van der Waals surface area contributed by atoms with Crippen molar-refractivity contribution in [1.82, 2.24) is 87.2 Å². The molecular formula is C57H74N24O39P7Se. The minimum Gasteiger partial charge on any atom is -0.369 e. The second-order valence-electron chi connectivity index (χ2n) is 28.6. The molecule has 9 aromatic heterocycles. The van der Waals surface area contributed by atoms with E-state index in [1.54, 1.807) is 0 Å². The van der Waals surface area contributed by atoms with Gasteiger partial charge in [-0.1, -0.05) is 0 Å². The van der Waals surface area contributed by atoms with E-state index in [0.29, 0.717) is 0 Å².